The molecule has 0 spiro atoms. The SMILES string of the molecule is CON=C(CSCc1cccc(Cl)c1)c1ccc(Cl)cc1. The Kier molecular flexibility index (Phi) is 6.43. The molecule has 0 radical (unpaired) electrons. The molecule has 0 aliphatic carbocycles. The maximum absolute atomic E-state index is 5.98. The van der Waals surface area contributed by atoms with Crippen LogP contribution in [0, 0.1) is 0 Å². The number of rotatable bonds is 6. The summed E-state index contributed by atoms with van der Waals surface area (Å²) in [6.45, 7) is 0. The largest absolute Gasteiger partial charge is 0.399 e. The first-order valence-electron chi connectivity index (χ1n) is 6.37. The van der Waals surface area contributed by atoms with Crippen molar-refractivity contribution in [1.29, 1.82) is 0 Å². The predicted molar refractivity (Wildman–Crippen MR) is 92.6 cm³/mol. The van der Waals surface area contributed by atoms with Crippen molar-refractivity contribution in [1.82, 2.24) is 0 Å². The molecular weight excluding hydrogens is 325 g/mol. The van der Waals surface area contributed by atoms with Crippen LogP contribution >= 0.6 is 35.0 Å². The monoisotopic (exact) mass is 339 g/mol. The lowest BCUT2D eigenvalue weighted by Gasteiger charge is -2.07. The molecule has 0 aliphatic rings. The number of halogens is 2. The molecule has 2 aromatic carbocycles. The fourth-order valence-electron chi connectivity index (χ4n) is 1.81. The molecule has 0 aliphatic heterocycles. The van der Waals surface area contributed by atoms with E-state index in [4.69, 9.17) is 28.0 Å². The third-order valence-corrected chi connectivity index (χ3v) is 4.28. The second-order valence-corrected chi connectivity index (χ2v) is 6.21. The number of hydrogen-bond donors (Lipinski definition) is 0. The first-order chi connectivity index (χ1) is 10.2. The van der Waals surface area contributed by atoms with Crippen LogP contribution in [0.4, 0.5) is 0 Å². The van der Waals surface area contributed by atoms with E-state index in [-0.39, 0.29) is 0 Å². The summed E-state index contributed by atoms with van der Waals surface area (Å²) < 4.78 is 0. The average Bonchev–Trinajstić information content (AvgIpc) is 2.47. The minimum Gasteiger partial charge on any atom is -0.399 e. The Hall–Kier alpha value is -1.16. The number of benzene rings is 2. The minimum absolute atomic E-state index is 0.710. The van der Waals surface area contributed by atoms with Gasteiger partial charge < -0.3 is 4.84 Å². The number of thioether (sulfide) groups is 1. The van der Waals surface area contributed by atoms with Gasteiger partial charge in [-0.05, 0) is 29.8 Å². The van der Waals surface area contributed by atoms with Crippen molar-refractivity contribution in [2.45, 2.75) is 5.75 Å². The standard InChI is InChI=1S/C16H15Cl2NOS/c1-20-19-16(13-5-7-14(17)8-6-13)11-21-10-12-3-2-4-15(18)9-12/h2-9H,10-11H2,1H3. The third-order valence-electron chi connectivity index (χ3n) is 2.78. The second-order valence-electron chi connectivity index (χ2n) is 4.35. The van der Waals surface area contributed by atoms with Crippen LogP contribution in [0.5, 0.6) is 0 Å². The molecule has 0 fully saturated rings. The summed E-state index contributed by atoms with van der Waals surface area (Å²) >= 11 is 13.6. The van der Waals surface area contributed by atoms with Crippen molar-refractivity contribution >= 4 is 40.7 Å². The lowest BCUT2D eigenvalue weighted by Crippen LogP contribution is -2.05. The fraction of sp³-hybridized carbons (Fsp3) is 0.188. The quantitative estimate of drug-likeness (QED) is 0.527. The van der Waals surface area contributed by atoms with Crippen molar-refractivity contribution in [3.8, 4) is 0 Å². The van der Waals surface area contributed by atoms with Crippen molar-refractivity contribution in [2.75, 3.05) is 12.9 Å². The summed E-state index contributed by atoms with van der Waals surface area (Å²) in [6.07, 6.45) is 0. The van der Waals surface area contributed by atoms with E-state index in [1.165, 1.54) is 5.56 Å². The zero-order valence-electron chi connectivity index (χ0n) is 11.6. The average molecular weight is 340 g/mol. The van der Waals surface area contributed by atoms with E-state index in [9.17, 15) is 0 Å². The van der Waals surface area contributed by atoms with Gasteiger partial charge in [0.15, 0.2) is 0 Å². The maximum Gasteiger partial charge on any atom is 0.106 e. The van der Waals surface area contributed by atoms with E-state index < -0.39 is 0 Å². The van der Waals surface area contributed by atoms with Crippen LogP contribution < -0.4 is 0 Å². The highest BCUT2D eigenvalue weighted by Crippen LogP contribution is 2.19. The highest BCUT2D eigenvalue weighted by Gasteiger charge is 2.06. The molecule has 0 unspecified atom stereocenters. The van der Waals surface area contributed by atoms with Crippen LogP contribution in [0.25, 0.3) is 0 Å². The molecule has 0 amide bonds. The zero-order chi connectivity index (χ0) is 15.1. The molecule has 110 valence electrons. The molecule has 5 heteroatoms. The van der Waals surface area contributed by atoms with Gasteiger partial charge >= 0.3 is 0 Å². The van der Waals surface area contributed by atoms with Gasteiger partial charge in [-0.1, -0.05) is 52.6 Å². The number of hydrogen-bond acceptors (Lipinski definition) is 3. The molecule has 21 heavy (non-hydrogen) atoms. The summed E-state index contributed by atoms with van der Waals surface area (Å²) in [5.74, 6) is 1.62. The fourth-order valence-corrected chi connectivity index (χ4v) is 3.08. The van der Waals surface area contributed by atoms with Gasteiger partial charge in [-0.25, -0.2) is 0 Å². The van der Waals surface area contributed by atoms with Crippen molar-refractivity contribution < 1.29 is 4.84 Å². The first kappa shape index (κ1) is 16.2. The lowest BCUT2D eigenvalue weighted by molar-refractivity contribution is 0.213. The Morgan fingerprint density at radius 1 is 1.10 bits per heavy atom. The smallest absolute Gasteiger partial charge is 0.106 e. The van der Waals surface area contributed by atoms with Crippen molar-refractivity contribution in [3.63, 3.8) is 0 Å². The molecule has 2 nitrogen and oxygen atoms in total. The van der Waals surface area contributed by atoms with Crippen LogP contribution in [0.1, 0.15) is 11.1 Å². The van der Waals surface area contributed by atoms with E-state index in [0.717, 1.165) is 27.8 Å². The van der Waals surface area contributed by atoms with Gasteiger partial charge in [0.1, 0.15) is 7.11 Å². The Morgan fingerprint density at radius 3 is 2.52 bits per heavy atom. The third kappa shape index (κ3) is 5.27. The molecule has 0 atom stereocenters. The van der Waals surface area contributed by atoms with Crippen molar-refractivity contribution in [3.05, 3.63) is 69.7 Å². The molecule has 0 heterocycles. The Bertz CT molecular complexity index is 614. The van der Waals surface area contributed by atoms with Crippen LogP contribution in [0.3, 0.4) is 0 Å². The Morgan fingerprint density at radius 2 is 1.86 bits per heavy atom. The van der Waals surface area contributed by atoms with Crippen molar-refractivity contribution in [2.24, 2.45) is 5.16 Å². The minimum atomic E-state index is 0.710. The first-order valence-corrected chi connectivity index (χ1v) is 8.28. The molecule has 0 N–H and O–H groups in total. The van der Waals surface area contributed by atoms with E-state index in [1.54, 1.807) is 18.9 Å². The summed E-state index contributed by atoms with van der Waals surface area (Å²) in [5.41, 5.74) is 3.10. The molecule has 2 aromatic rings. The summed E-state index contributed by atoms with van der Waals surface area (Å²) in [6, 6.07) is 15.5. The van der Waals surface area contributed by atoms with Gasteiger partial charge in [0.25, 0.3) is 0 Å². The van der Waals surface area contributed by atoms with E-state index in [0.29, 0.717) is 5.02 Å². The number of oxime groups is 1. The van der Waals surface area contributed by atoms with Gasteiger partial charge in [0.05, 0.1) is 5.71 Å². The van der Waals surface area contributed by atoms with Gasteiger partial charge in [-0.2, -0.15) is 11.8 Å². The highest BCUT2D eigenvalue weighted by molar-refractivity contribution is 7.99. The van der Waals surface area contributed by atoms with Gasteiger partial charge in [-0.3, -0.25) is 0 Å². The van der Waals surface area contributed by atoms with Crippen LogP contribution in [0.15, 0.2) is 53.7 Å². The zero-order valence-corrected chi connectivity index (χ0v) is 13.9. The predicted octanol–water partition coefficient (Wildman–Crippen LogP) is 5.28. The molecule has 0 aromatic heterocycles. The Balaban J connectivity index is 1.98. The Labute approximate surface area is 139 Å². The summed E-state index contributed by atoms with van der Waals surface area (Å²) in [5, 5.41) is 5.57. The van der Waals surface area contributed by atoms with Crippen LogP contribution in [0.2, 0.25) is 10.0 Å². The van der Waals surface area contributed by atoms with Crippen LogP contribution in [-0.2, 0) is 10.6 Å². The summed E-state index contributed by atoms with van der Waals surface area (Å²) in [4.78, 5) is 4.93. The maximum atomic E-state index is 5.98. The number of nitrogens with zero attached hydrogens (tertiary/aromatic N) is 1. The van der Waals surface area contributed by atoms with E-state index in [1.807, 2.05) is 42.5 Å². The van der Waals surface area contributed by atoms with Gasteiger partial charge in [0, 0.05) is 27.1 Å². The summed E-state index contributed by atoms with van der Waals surface area (Å²) in [7, 11) is 1.55. The molecule has 0 bridgehead atoms. The second kappa shape index (κ2) is 8.32. The molecule has 2 rings (SSSR count). The molecule has 0 saturated heterocycles. The molecule has 0 saturated carbocycles. The lowest BCUT2D eigenvalue weighted by atomic mass is 10.1. The van der Waals surface area contributed by atoms with E-state index in [2.05, 4.69) is 11.2 Å². The van der Waals surface area contributed by atoms with Gasteiger partial charge in [-0.15, -0.1) is 0 Å². The van der Waals surface area contributed by atoms with E-state index >= 15 is 0 Å². The van der Waals surface area contributed by atoms with Crippen LogP contribution in [-0.4, -0.2) is 18.6 Å². The highest BCUT2D eigenvalue weighted by atomic mass is 35.5. The topological polar surface area (TPSA) is 21.6 Å². The van der Waals surface area contributed by atoms with Gasteiger partial charge in [0.2, 0.25) is 0 Å². The molecular formula is C16H15Cl2NOS. The normalized spacial score (nSPS) is 11.5.